The van der Waals surface area contributed by atoms with Crippen LogP contribution in [0.25, 0.3) is 10.9 Å². The monoisotopic (exact) mass is 465 g/mol. The van der Waals surface area contributed by atoms with Crippen molar-refractivity contribution in [2.24, 2.45) is 5.92 Å². The highest BCUT2D eigenvalue weighted by molar-refractivity contribution is 7.89. The molecule has 0 aliphatic carbocycles. The van der Waals surface area contributed by atoms with Gasteiger partial charge in [0.1, 0.15) is 0 Å². The van der Waals surface area contributed by atoms with Gasteiger partial charge in [0.15, 0.2) is 0 Å². The van der Waals surface area contributed by atoms with Gasteiger partial charge in [-0.15, -0.1) is 0 Å². The first-order valence-corrected chi connectivity index (χ1v) is 13.3. The summed E-state index contributed by atoms with van der Waals surface area (Å²) >= 11 is 0. The third-order valence-electron chi connectivity index (χ3n) is 7.32. The first-order chi connectivity index (χ1) is 15.9. The molecule has 3 aromatic rings. The van der Waals surface area contributed by atoms with E-state index in [4.69, 9.17) is 0 Å². The third kappa shape index (κ3) is 4.32. The summed E-state index contributed by atoms with van der Waals surface area (Å²) in [5, 5.41) is 1.27. The minimum absolute atomic E-state index is 0.0249. The number of aromatic nitrogens is 1. The maximum Gasteiger partial charge on any atom is 0.253 e. The second-order valence-corrected chi connectivity index (χ2v) is 11.4. The Labute approximate surface area is 195 Å². The average molecular weight is 466 g/mol. The number of aromatic amines is 1. The van der Waals surface area contributed by atoms with Gasteiger partial charge < -0.3 is 9.88 Å². The van der Waals surface area contributed by atoms with Gasteiger partial charge in [-0.2, -0.15) is 4.31 Å². The van der Waals surface area contributed by atoms with Crippen molar-refractivity contribution in [3.05, 3.63) is 65.9 Å². The summed E-state index contributed by atoms with van der Waals surface area (Å²) in [5.41, 5.74) is 3.03. The first-order valence-electron chi connectivity index (χ1n) is 11.9. The molecular weight excluding hydrogens is 434 g/mol. The molecule has 6 nitrogen and oxygen atoms in total. The summed E-state index contributed by atoms with van der Waals surface area (Å²) < 4.78 is 27.5. The lowest BCUT2D eigenvalue weighted by atomic mass is 9.89. The van der Waals surface area contributed by atoms with E-state index in [0.29, 0.717) is 43.6 Å². The van der Waals surface area contributed by atoms with Crippen molar-refractivity contribution in [3.8, 4) is 0 Å². The summed E-state index contributed by atoms with van der Waals surface area (Å²) in [6.07, 6.45) is 5.74. The second kappa shape index (κ2) is 8.95. The van der Waals surface area contributed by atoms with Crippen LogP contribution in [-0.4, -0.2) is 54.7 Å². The smallest absolute Gasteiger partial charge is 0.253 e. The molecule has 1 amide bonds. The Morgan fingerprint density at radius 2 is 1.58 bits per heavy atom. The third-order valence-corrected chi connectivity index (χ3v) is 9.24. The summed E-state index contributed by atoms with van der Waals surface area (Å²) in [4.78, 5) is 18.6. The van der Waals surface area contributed by atoms with Gasteiger partial charge in [-0.25, -0.2) is 8.42 Å². The number of nitrogens with zero attached hydrogens (tertiary/aromatic N) is 2. The Bertz CT molecular complexity index is 1230. The van der Waals surface area contributed by atoms with Gasteiger partial charge in [0, 0.05) is 48.8 Å². The molecule has 2 fully saturated rings. The first kappa shape index (κ1) is 22.2. The topological polar surface area (TPSA) is 73.5 Å². The van der Waals surface area contributed by atoms with E-state index >= 15 is 0 Å². The molecule has 0 unspecified atom stereocenters. The van der Waals surface area contributed by atoms with E-state index in [2.05, 4.69) is 36.3 Å². The number of hydrogen-bond acceptors (Lipinski definition) is 3. The van der Waals surface area contributed by atoms with Crippen molar-refractivity contribution in [1.29, 1.82) is 0 Å². The van der Waals surface area contributed by atoms with Gasteiger partial charge in [-0.1, -0.05) is 25.1 Å². The number of nitrogens with one attached hydrogen (secondary N) is 1. The minimum atomic E-state index is -3.50. The highest BCUT2D eigenvalue weighted by Gasteiger charge is 2.29. The van der Waals surface area contributed by atoms with E-state index in [1.807, 2.05) is 11.0 Å². The summed E-state index contributed by atoms with van der Waals surface area (Å²) in [6.45, 7) is 4.70. The molecule has 7 heteroatoms. The highest BCUT2D eigenvalue weighted by atomic mass is 32.2. The molecule has 3 heterocycles. The fourth-order valence-corrected chi connectivity index (χ4v) is 6.62. The molecule has 33 heavy (non-hydrogen) atoms. The number of hydrogen-bond donors (Lipinski definition) is 1. The SMILES string of the molecule is CC1CCN(S(=O)(=O)c2ccc(C(=O)N3CCC(c4c[nH]c5ccccc45)CC3)cc2)CC1. The number of rotatable bonds is 4. The standard InChI is InChI=1S/C26H31N3O3S/c1-19-10-16-29(17-11-19)33(31,32)22-8-6-21(7-9-22)26(30)28-14-12-20(13-15-28)24-18-27-25-5-3-2-4-23(24)25/h2-9,18-20,27H,10-17H2,1H3. The molecule has 2 aromatic carbocycles. The van der Waals surface area contributed by atoms with Gasteiger partial charge in [-0.05, 0) is 73.4 Å². The van der Waals surface area contributed by atoms with Crippen LogP contribution < -0.4 is 0 Å². The highest BCUT2D eigenvalue weighted by Crippen LogP contribution is 2.33. The van der Waals surface area contributed by atoms with Crippen molar-refractivity contribution in [2.45, 2.75) is 43.4 Å². The molecule has 0 bridgehead atoms. The Morgan fingerprint density at radius 1 is 0.909 bits per heavy atom. The van der Waals surface area contributed by atoms with E-state index in [0.717, 1.165) is 31.2 Å². The van der Waals surface area contributed by atoms with Crippen LogP contribution in [0.2, 0.25) is 0 Å². The van der Waals surface area contributed by atoms with Crippen molar-refractivity contribution >= 4 is 26.8 Å². The molecule has 0 radical (unpaired) electrons. The quantitative estimate of drug-likeness (QED) is 0.612. The van der Waals surface area contributed by atoms with E-state index in [9.17, 15) is 13.2 Å². The molecular formula is C26H31N3O3S. The second-order valence-electron chi connectivity index (χ2n) is 9.47. The van der Waals surface area contributed by atoms with Gasteiger partial charge >= 0.3 is 0 Å². The number of fused-ring (bicyclic) bond motifs is 1. The molecule has 174 valence electrons. The van der Waals surface area contributed by atoms with Gasteiger partial charge in [0.2, 0.25) is 10.0 Å². The predicted molar refractivity (Wildman–Crippen MR) is 130 cm³/mol. The van der Waals surface area contributed by atoms with Crippen LogP contribution >= 0.6 is 0 Å². The number of carbonyl (C=O) groups is 1. The zero-order valence-corrected chi connectivity index (χ0v) is 19.9. The molecule has 5 rings (SSSR count). The number of piperidine rings is 2. The fourth-order valence-electron chi connectivity index (χ4n) is 5.15. The number of H-pyrrole nitrogens is 1. The van der Waals surface area contributed by atoms with Crippen LogP contribution in [0.4, 0.5) is 0 Å². The predicted octanol–water partition coefficient (Wildman–Crippen LogP) is 4.61. The lowest BCUT2D eigenvalue weighted by molar-refractivity contribution is 0.0713. The molecule has 2 saturated heterocycles. The van der Waals surface area contributed by atoms with Gasteiger partial charge in [0.25, 0.3) is 5.91 Å². The lowest BCUT2D eigenvalue weighted by Gasteiger charge is -2.32. The summed E-state index contributed by atoms with van der Waals surface area (Å²) in [5.74, 6) is 0.977. The van der Waals surface area contributed by atoms with Crippen molar-refractivity contribution < 1.29 is 13.2 Å². The van der Waals surface area contributed by atoms with Gasteiger partial charge in [0.05, 0.1) is 4.90 Å². The molecule has 2 aliphatic heterocycles. The number of amides is 1. The maximum absolute atomic E-state index is 13.1. The van der Waals surface area contributed by atoms with Crippen LogP contribution in [0.5, 0.6) is 0 Å². The summed E-state index contributed by atoms with van der Waals surface area (Å²) in [6, 6.07) is 14.8. The largest absolute Gasteiger partial charge is 0.361 e. The number of likely N-dealkylation sites (tertiary alicyclic amines) is 1. The molecule has 0 spiro atoms. The molecule has 0 atom stereocenters. The van der Waals surface area contributed by atoms with Crippen LogP contribution in [0.15, 0.2) is 59.6 Å². The van der Waals surface area contributed by atoms with Crippen molar-refractivity contribution in [3.63, 3.8) is 0 Å². The molecule has 0 saturated carbocycles. The van der Waals surface area contributed by atoms with Gasteiger partial charge in [-0.3, -0.25) is 4.79 Å². The fraction of sp³-hybridized carbons (Fsp3) is 0.423. The molecule has 1 N–H and O–H groups in total. The minimum Gasteiger partial charge on any atom is -0.361 e. The van der Waals surface area contributed by atoms with Crippen LogP contribution in [0.1, 0.15) is 54.4 Å². The Kier molecular flexibility index (Phi) is 6.01. The van der Waals surface area contributed by atoms with E-state index in [1.165, 1.54) is 10.9 Å². The number of carbonyl (C=O) groups excluding carboxylic acids is 1. The Morgan fingerprint density at radius 3 is 2.27 bits per heavy atom. The zero-order valence-electron chi connectivity index (χ0n) is 19.0. The van der Waals surface area contributed by atoms with Crippen LogP contribution in [0.3, 0.4) is 0 Å². The normalized spacial score (nSPS) is 19.2. The lowest BCUT2D eigenvalue weighted by Crippen LogP contribution is -2.38. The van der Waals surface area contributed by atoms with Crippen molar-refractivity contribution in [2.75, 3.05) is 26.2 Å². The van der Waals surface area contributed by atoms with E-state index < -0.39 is 10.0 Å². The summed E-state index contributed by atoms with van der Waals surface area (Å²) in [7, 11) is -3.50. The molecule has 1 aromatic heterocycles. The Balaban J connectivity index is 1.23. The van der Waals surface area contributed by atoms with E-state index in [-0.39, 0.29) is 10.8 Å². The maximum atomic E-state index is 13.1. The molecule has 2 aliphatic rings. The number of para-hydroxylation sites is 1. The number of sulfonamides is 1. The van der Waals surface area contributed by atoms with Crippen molar-refractivity contribution in [1.82, 2.24) is 14.2 Å². The number of benzene rings is 2. The van der Waals surface area contributed by atoms with E-state index in [1.54, 1.807) is 28.6 Å². The zero-order chi connectivity index (χ0) is 23.0. The Hall–Kier alpha value is -2.64. The van der Waals surface area contributed by atoms with Crippen LogP contribution in [0, 0.1) is 5.92 Å². The van der Waals surface area contributed by atoms with Crippen LogP contribution in [-0.2, 0) is 10.0 Å². The average Bonchev–Trinajstić information content (AvgIpc) is 3.28.